The molecule has 0 aromatic heterocycles. The van der Waals surface area contributed by atoms with Gasteiger partial charge in [-0.2, -0.15) is 0 Å². The lowest BCUT2D eigenvalue weighted by molar-refractivity contribution is -0.108. The fourth-order valence-electron chi connectivity index (χ4n) is 0.989. The summed E-state index contributed by atoms with van der Waals surface area (Å²) >= 11 is 11.6. The molecule has 0 aliphatic carbocycles. The summed E-state index contributed by atoms with van der Waals surface area (Å²) in [4.78, 5) is 10.3. The van der Waals surface area contributed by atoms with E-state index in [2.05, 4.69) is 0 Å². The van der Waals surface area contributed by atoms with E-state index < -0.39 is 6.04 Å². The molecule has 2 nitrogen and oxygen atoms in total. The second kappa shape index (κ2) is 4.61. The van der Waals surface area contributed by atoms with Crippen LogP contribution in [0.2, 0.25) is 10.0 Å². The number of carbonyl (C=O) groups is 1. The minimum Gasteiger partial charge on any atom is -0.321 e. The Balaban J connectivity index is 2.83. The van der Waals surface area contributed by atoms with E-state index in [1.165, 1.54) is 0 Å². The van der Waals surface area contributed by atoms with E-state index in [9.17, 15) is 4.79 Å². The molecule has 1 unspecified atom stereocenters. The van der Waals surface area contributed by atoms with Crippen LogP contribution in [0, 0.1) is 0 Å². The van der Waals surface area contributed by atoms with Gasteiger partial charge in [0.1, 0.15) is 6.29 Å². The SMILES string of the molecule is NC(C=O)Cc1ccc(Cl)cc1Cl. The molecule has 13 heavy (non-hydrogen) atoms. The van der Waals surface area contributed by atoms with Crippen LogP contribution >= 0.6 is 23.2 Å². The summed E-state index contributed by atoms with van der Waals surface area (Å²) in [5.74, 6) is 0. The molecule has 0 bridgehead atoms. The third kappa shape index (κ3) is 2.99. The summed E-state index contributed by atoms with van der Waals surface area (Å²) in [6, 6.07) is 4.63. The molecule has 0 amide bonds. The topological polar surface area (TPSA) is 43.1 Å². The number of aldehydes is 1. The van der Waals surface area contributed by atoms with Crippen LogP contribution in [0.5, 0.6) is 0 Å². The predicted molar refractivity (Wildman–Crippen MR) is 54.2 cm³/mol. The maximum atomic E-state index is 10.3. The summed E-state index contributed by atoms with van der Waals surface area (Å²) in [5.41, 5.74) is 6.29. The highest BCUT2D eigenvalue weighted by molar-refractivity contribution is 6.35. The molecular formula is C9H9Cl2NO. The Morgan fingerprint density at radius 2 is 2.15 bits per heavy atom. The first-order valence-electron chi connectivity index (χ1n) is 3.78. The largest absolute Gasteiger partial charge is 0.321 e. The fourth-order valence-corrected chi connectivity index (χ4v) is 1.47. The summed E-state index contributed by atoms with van der Waals surface area (Å²) < 4.78 is 0. The first-order valence-corrected chi connectivity index (χ1v) is 4.54. The molecule has 1 aromatic rings. The minimum atomic E-state index is -0.501. The first-order chi connectivity index (χ1) is 6.13. The van der Waals surface area contributed by atoms with Crippen molar-refractivity contribution in [2.45, 2.75) is 12.5 Å². The molecule has 0 saturated carbocycles. The van der Waals surface area contributed by atoms with E-state index in [1.54, 1.807) is 18.2 Å². The van der Waals surface area contributed by atoms with Crippen molar-refractivity contribution in [3.8, 4) is 0 Å². The molecule has 1 rings (SSSR count). The summed E-state index contributed by atoms with van der Waals surface area (Å²) in [5, 5.41) is 1.12. The highest BCUT2D eigenvalue weighted by atomic mass is 35.5. The van der Waals surface area contributed by atoms with Gasteiger partial charge in [-0.25, -0.2) is 0 Å². The van der Waals surface area contributed by atoms with E-state index in [-0.39, 0.29) is 0 Å². The normalized spacial score (nSPS) is 12.5. The first kappa shape index (κ1) is 10.5. The van der Waals surface area contributed by atoms with Crippen LogP contribution in [-0.4, -0.2) is 12.3 Å². The molecule has 0 saturated heterocycles. The van der Waals surface area contributed by atoms with Gasteiger partial charge < -0.3 is 10.5 Å². The van der Waals surface area contributed by atoms with Crippen LogP contribution in [0.25, 0.3) is 0 Å². The van der Waals surface area contributed by atoms with Gasteiger partial charge in [0.15, 0.2) is 0 Å². The maximum Gasteiger partial charge on any atom is 0.137 e. The Bertz CT molecular complexity index is 314. The van der Waals surface area contributed by atoms with Gasteiger partial charge in [0.05, 0.1) is 6.04 Å². The van der Waals surface area contributed by atoms with Gasteiger partial charge in [0.2, 0.25) is 0 Å². The quantitative estimate of drug-likeness (QED) is 0.789. The van der Waals surface area contributed by atoms with Gasteiger partial charge in [-0.05, 0) is 24.1 Å². The maximum absolute atomic E-state index is 10.3. The van der Waals surface area contributed by atoms with E-state index in [0.717, 1.165) is 5.56 Å². The molecule has 0 aliphatic heterocycles. The number of hydrogen-bond acceptors (Lipinski definition) is 2. The second-order valence-corrected chi connectivity index (χ2v) is 3.58. The van der Waals surface area contributed by atoms with Gasteiger partial charge >= 0.3 is 0 Å². The fraction of sp³-hybridized carbons (Fsp3) is 0.222. The van der Waals surface area contributed by atoms with Crippen molar-refractivity contribution >= 4 is 29.5 Å². The third-order valence-corrected chi connectivity index (χ3v) is 2.23. The lowest BCUT2D eigenvalue weighted by Gasteiger charge is -2.06. The molecule has 70 valence electrons. The third-order valence-electron chi connectivity index (χ3n) is 1.65. The summed E-state index contributed by atoms with van der Waals surface area (Å²) in [6.07, 6.45) is 1.14. The lowest BCUT2D eigenvalue weighted by Crippen LogP contribution is -2.24. The number of carbonyl (C=O) groups excluding carboxylic acids is 1. The number of nitrogens with two attached hydrogens (primary N) is 1. The van der Waals surface area contributed by atoms with Crippen LogP contribution in [0.15, 0.2) is 18.2 Å². The molecule has 0 heterocycles. The van der Waals surface area contributed by atoms with E-state index in [1.807, 2.05) is 0 Å². The van der Waals surface area contributed by atoms with Crippen molar-refractivity contribution in [1.29, 1.82) is 0 Å². The highest BCUT2D eigenvalue weighted by Crippen LogP contribution is 2.21. The number of hydrogen-bond donors (Lipinski definition) is 1. The zero-order chi connectivity index (χ0) is 9.84. The highest BCUT2D eigenvalue weighted by Gasteiger charge is 2.06. The van der Waals surface area contributed by atoms with E-state index >= 15 is 0 Å². The Kier molecular flexibility index (Phi) is 3.72. The van der Waals surface area contributed by atoms with Crippen molar-refractivity contribution in [2.24, 2.45) is 5.73 Å². The van der Waals surface area contributed by atoms with Crippen molar-refractivity contribution in [3.05, 3.63) is 33.8 Å². The molecule has 4 heteroatoms. The lowest BCUT2D eigenvalue weighted by atomic mass is 10.1. The minimum absolute atomic E-state index is 0.444. The van der Waals surface area contributed by atoms with Crippen molar-refractivity contribution < 1.29 is 4.79 Å². The zero-order valence-electron chi connectivity index (χ0n) is 6.84. The Morgan fingerprint density at radius 3 is 2.69 bits per heavy atom. The predicted octanol–water partition coefficient (Wildman–Crippen LogP) is 2.06. The van der Waals surface area contributed by atoms with Gasteiger partial charge in [0, 0.05) is 10.0 Å². The van der Waals surface area contributed by atoms with Crippen LogP contribution in [0.1, 0.15) is 5.56 Å². The zero-order valence-corrected chi connectivity index (χ0v) is 8.35. The standard InChI is InChI=1S/C9H9Cl2NO/c10-7-2-1-6(9(11)4-7)3-8(12)5-13/h1-2,4-5,8H,3,12H2. The van der Waals surface area contributed by atoms with Crippen molar-refractivity contribution in [3.63, 3.8) is 0 Å². The molecule has 0 fully saturated rings. The second-order valence-electron chi connectivity index (χ2n) is 2.74. The molecular weight excluding hydrogens is 209 g/mol. The number of rotatable bonds is 3. The Morgan fingerprint density at radius 1 is 1.46 bits per heavy atom. The average molecular weight is 218 g/mol. The molecule has 2 N–H and O–H groups in total. The summed E-state index contributed by atoms with van der Waals surface area (Å²) in [7, 11) is 0. The van der Waals surface area contributed by atoms with E-state index in [0.29, 0.717) is 22.8 Å². The summed E-state index contributed by atoms with van der Waals surface area (Å²) in [6.45, 7) is 0. The molecule has 1 atom stereocenters. The van der Waals surface area contributed by atoms with Crippen LogP contribution < -0.4 is 5.73 Å². The van der Waals surface area contributed by atoms with Gasteiger partial charge in [-0.1, -0.05) is 29.3 Å². The average Bonchev–Trinajstić information content (AvgIpc) is 2.09. The van der Waals surface area contributed by atoms with Crippen LogP contribution in [0.3, 0.4) is 0 Å². The Labute approximate surface area is 86.6 Å². The van der Waals surface area contributed by atoms with Gasteiger partial charge in [0.25, 0.3) is 0 Å². The number of benzene rings is 1. The molecule has 0 spiro atoms. The monoisotopic (exact) mass is 217 g/mol. The van der Waals surface area contributed by atoms with Crippen LogP contribution in [0.4, 0.5) is 0 Å². The molecule has 0 aliphatic rings. The van der Waals surface area contributed by atoms with Crippen molar-refractivity contribution in [2.75, 3.05) is 0 Å². The number of halogens is 2. The van der Waals surface area contributed by atoms with Gasteiger partial charge in [-0.3, -0.25) is 0 Å². The van der Waals surface area contributed by atoms with Crippen LogP contribution in [-0.2, 0) is 11.2 Å². The van der Waals surface area contributed by atoms with Crippen molar-refractivity contribution in [1.82, 2.24) is 0 Å². The van der Waals surface area contributed by atoms with E-state index in [4.69, 9.17) is 28.9 Å². The Hall–Kier alpha value is -0.570. The smallest absolute Gasteiger partial charge is 0.137 e. The van der Waals surface area contributed by atoms with Gasteiger partial charge in [-0.15, -0.1) is 0 Å². The molecule has 0 radical (unpaired) electrons. The molecule has 1 aromatic carbocycles.